The van der Waals surface area contributed by atoms with Gasteiger partial charge in [-0.3, -0.25) is 9.59 Å². The summed E-state index contributed by atoms with van der Waals surface area (Å²) in [5.41, 5.74) is 4.69. The highest BCUT2D eigenvalue weighted by Gasteiger charge is 2.29. The third-order valence-corrected chi connectivity index (χ3v) is 6.93. The molecule has 0 spiro atoms. The summed E-state index contributed by atoms with van der Waals surface area (Å²) in [5.74, 6) is -0.644. The van der Waals surface area contributed by atoms with E-state index in [0.29, 0.717) is 34.9 Å². The molecule has 204 valence electrons. The van der Waals surface area contributed by atoms with Gasteiger partial charge >= 0.3 is 0 Å². The fourth-order valence-corrected chi connectivity index (χ4v) is 4.88. The maximum Gasteiger partial charge on any atom is 0.270 e. The molecule has 40 heavy (non-hydrogen) atoms. The normalized spacial score (nSPS) is 17.5. The first-order chi connectivity index (χ1) is 19.3. The second kappa shape index (κ2) is 11.9. The number of morpholine rings is 1. The number of hydrogen-bond acceptors (Lipinski definition) is 4. The van der Waals surface area contributed by atoms with Crippen molar-refractivity contribution in [2.45, 2.75) is 33.0 Å². The zero-order valence-electron chi connectivity index (χ0n) is 22.7. The number of nitrogens with zero attached hydrogens (tertiary/aromatic N) is 3. The van der Waals surface area contributed by atoms with Crippen LogP contribution in [-0.2, 0) is 9.53 Å². The topological polar surface area (TPSA) is 76.5 Å². The highest BCUT2D eigenvalue weighted by Crippen LogP contribution is 2.27. The molecule has 8 heteroatoms. The monoisotopic (exact) mass is 554 g/mol. The van der Waals surface area contributed by atoms with Gasteiger partial charge in [0.15, 0.2) is 0 Å². The number of aromatic nitrogens is 2. The Balaban J connectivity index is 1.59. The summed E-state index contributed by atoms with van der Waals surface area (Å²) in [6, 6.07) is 24.3. The minimum absolute atomic E-state index is 0.118. The molecular weight excluding hydrogens is 524 g/mol. The van der Waals surface area contributed by atoms with E-state index in [9.17, 15) is 9.59 Å². The predicted molar refractivity (Wildman–Crippen MR) is 157 cm³/mol. The number of ether oxygens (including phenoxy) is 1. The lowest BCUT2D eigenvalue weighted by Crippen LogP contribution is -2.50. The summed E-state index contributed by atoms with van der Waals surface area (Å²) >= 11 is 6.16. The molecule has 1 aromatic heterocycles. The van der Waals surface area contributed by atoms with Gasteiger partial charge in [0, 0.05) is 41.0 Å². The van der Waals surface area contributed by atoms with Gasteiger partial charge in [-0.1, -0.05) is 59.6 Å². The average molecular weight is 555 g/mol. The van der Waals surface area contributed by atoms with Crippen molar-refractivity contribution in [2.24, 2.45) is 0 Å². The van der Waals surface area contributed by atoms with Crippen LogP contribution >= 0.6 is 11.6 Å². The van der Waals surface area contributed by atoms with Gasteiger partial charge in [-0.15, -0.1) is 0 Å². The van der Waals surface area contributed by atoms with Crippen molar-refractivity contribution in [1.82, 2.24) is 20.0 Å². The van der Waals surface area contributed by atoms with E-state index in [-0.39, 0.29) is 29.7 Å². The fourth-order valence-electron chi connectivity index (χ4n) is 4.76. The maximum absolute atomic E-state index is 13.9. The molecule has 0 radical (unpaired) electrons. The summed E-state index contributed by atoms with van der Waals surface area (Å²) in [6.07, 6.45) is 3.32. The summed E-state index contributed by atoms with van der Waals surface area (Å²) in [6.45, 7) is 6.68. The summed E-state index contributed by atoms with van der Waals surface area (Å²) in [7, 11) is 0. The SMILES string of the molecule is Cc1ccc(C(=O)N/C(=C\c2cn(-c3ccccc3)nc2-c2ccc(Cl)cc2)C(=O)N2C[C@@H](C)O[C@@H](C)C2)cc1. The molecule has 2 atom stereocenters. The Kier molecular flexibility index (Phi) is 8.14. The van der Waals surface area contributed by atoms with E-state index in [0.717, 1.165) is 16.8 Å². The number of amides is 2. The zero-order valence-corrected chi connectivity index (χ0v) is 23.4. The van der Waals surface area contributed by atoms with Gasteiger partial charge in [-0.25, -0.2) is 4.68 Å². The molecule has 4 aromatic rings. The van der Waals surface area contributed by atoms with Crippen LogP contribution in [0.1, 0.15) is 35.3 Å². The predicted octanol–water partition coefficient (Wildman–Crippen LogP) is 5.91. The largest absolute Gasteiger partial charge is 0.372 e. The van der Waals surface area contributed by atoms with Gasteiger partial charge in [0.05, 0.1) is 17.9 Å². The molecule has 2 amide bonds. The molecule has 1 N–H and O–H groups in total. The van der Waals surface area contributed by atoms with Crippen LogP contribution < -0.4 is 5.32 Å². The lowest BCUT2D eigenvalue weighted by Gasteiger charge is -2.35. The molecule has 1 aliphatic rings. The van der Waals surface area contributed by atoms with Crippen LogP contribution in [0.5, 0.6) is 0 Å². The molecule has 1 fully saturated rings. The van der Waals surface area contributed by atoms with Crippen LogP contribution in [0.4, 0.5) is 0 Å². The van der Waals surface area contributed by atoms with Crippen LogP contribution in [0.3, 0.4) is 0 Å². The molecule has 0 unspecified atom stereocenters. The molecular formula is C32H31ClN4O3. The van der Waals surface area contributed by atoms with E-state index >= 15 is 0 Å². The van der Waals surface area contributed by atoms with Crippen LogP contribution in [-0.4, -0.2) is 51.8 Å². The zero-order chi connectivity index (χ0) is 28.2. The molecule has 1 aliphatic heterocycles. The second-order valence-corrected chi connectivity index (χ2v) is 10.5. The van der Waals surface area contributed by atoms with Crippen molar-refractivity contribution < 1.29 is 14.3 Å². The molecule has 1 saturated heterocycles. The van der Waals surface area contributed by atoms with Crippen molar-refractivity contribution in [3.05, 3.63) is 112 Å². The molecule has 3 aromatic carbocycles. The molecule has 7 nitrogen and oxygen atoms in total. The van der Waals surface area contributed by atoms with Crippen LogP contribution in [0.25, 0.3) is 23.0 Å². The number of hydrogen-bond donors (Lipinski definition) is 1. The Labute approximate surface area is 239 Å². The summed E-state index contributed by atoms with van der Waals surface area (Å²) in [5, 5.41) is 8.36. The van der Waals surface area contributed by atoms with Gasteiger partial charge in [-0.2, -0.15) is 5.10 Å². The quantitative estimate of drug-likeness (QED) is 0.301. The van der Waals surface area contributed by atoms with Crippen molar-refractivity contribution in [3.8, 4) is 16.9 Å². The van der Waals surface area contributed by atoms with Crippen molar-refractivity contribution in [2.75, 3.05) is 13.1 Å². The molecule has 2 heterocycles. The molecule has 0 aliphatic carbocycles. The first kappa shape index (κ1) is 27.4. The maximum atomic E-state index is 13.9. The van der Waals surface area contributed by atoms with Gasteiger partial charge in [0.25, 0.3) is 11.8 Å². The number of para-hydroxylation sites is 1. The lowest BCUT2D eigenvalue weighted by atomic mass is 10.1. The Bertz CT molecular complexity index is 1520. The fraction of sp³-hybridized carbons (Fsp3) is 0.219. The van der Waals surface area contributed by atoms with E-state index in [2.05, 4.69) is 5.32 Å². The minimum Gasteiger partial charge on any atom is -0.372 e. The lowest BCUT2D eigenvalue weighted by molar-refractivity contribution is -0.139. The van der Waals surface area contributed by atoms with Crippen molar-refractivity contribution >= 4 is 29.5 Å². The third-order valence-electron chi connectivity index (χ3n) is 6.68. The van der Waals surface area contributed by atoms with Crippen LogP contribution in [0.2, 0.25) is 5.02 Å². The van der Waals surface area contributed by atoms with E-state index in [1.54, 1.807) is 39.9 Å². The van der Waals surface area contributed by atoms with Crippen LogP contribution in [0, 0.1) is 6.92 Å². The van der Waals surface area contributed by atoms with Gasteiger partial charge in [0.1, 0.15) is 11.4 Å². The highest BCUT2D eigenvalue weighted by atomic mass is 35.5. The smallest absolute Gasteiger partial charge is 0.270 e. The van der Waals surface area contributed by atoms with Gasteiger partial charge in [-0.05, 0) is 63.2 Å². The third kappa shape index (κ3) is 6.33. The minimum atomic E-state index is -0.363. The Morgan fingerprint density at radius 2 is 1.60 bits per heavy atom. The Morgan fingerprint density at radius 3 is 2.25 bits per heavy atom. The number of halogens is 1. The Morgan fingerprint density at radius 1 is 0.950 bits per heavy atom. The molecule has 0 saturated carbocycles. The van der Waals surface area contributed by atoms with E-state index in [4.69, 9.17) is 21.4 Å². The summed E-state index contributed by atoms with van der Waals surface area (Å²) in [4.78, 5) is 29.0. The number of carbonyl (C=O) groups excluding carboxylic acids is 2. The number of aryl methyl sites for hydroxylation is 1. The van der Waals surface area contributed by atoms with Gasteiger partial charge < -0.3 is 15.0 Å². The van der Waals surface area contributed by atoms with E-state index in [1.807, 2.05) is 81.6 Å². The number of benzene rings is 3. The van der Waals surface area contributed by atoms with Crippen molar-refractivity contribution in [1.29, 1.82) is 0 Å². The Hall–Kier alpha value is -4.20. The number of rotatable bonds is 6. The highest BCUT2D eigenvalue weighted by molar-refractivity contribution is 6.30. The first-order valence-corrected chi connectivity index (χ1v) is 13.6. The van der Waals surface area contributed by atoms with E-state index in [1.165, 1.54) is 0 Å². The second-order valence-electron chi connectivity index (χ2n) is 10.1. The standard InChI is InChI=1S/C32H31ClN4O3/c1-21-9-11-25(12-10-21)31(38)34-29(32(39)36-18-22(2)40-23(3)19-36)17-26-20-37(28-7-5-4-6-8-28)35-30(26)24-13-15-27(33)16-14-24/h4-17,20,22-23H,18-19H2,1-3H3,(H,34,38)/b29-17-/t22-,23+. The van der Waals surface area contributed by atoms with Gasteiger partial charge in [0.2, 0.25) is 0 Å². The average Bonchev–Trinajstić information content (AvgIpc) is 3.36. The summed E-state index contributed by atoms with van der Waals surface area (Å²) < 4.78 is 7.60. The first-order valence-electron chi connectivity index (χ1n) is 13.2. The van der Waals surface area contributed by atoms with Crippen molar-refractivity contribution in [3.63, 3.8) is 0 Å². The van der Waals surface area contributed by atoms with Crippen LogP contribution in [0.15, 0.2) is 90.8 Å². The van der Waals surface area contributed by atoms with E-state index < -0.39 is 0 Å². The number of nitrogens with one attached hydrogen (secondary N) is 1. The molecule has 0 bridgehead atoms. The molecule has 5 rings (SSSR count). The number of carbonyl (C=O) groups is 2.